The van der Waals surface area contributed by atoms with Gasteiger partial charge in [-0.2, -0.15) is 0 Å². The molecule has 2 aromatic carbocycles. The van der Waals surface area contributed by atoms with Gasteiger partial charge in [-0.15, -0.1) is 0 Å². The smallest absolute Gasteiger partial charge is 0.194 e. The summed E-state index contributed by atoms with van der Waals surface area (Å²) in [6.07, 6.45) is 1.27. The van der Waals surface area contributed by atoms with E-state index in [1.807, 2.05) is 6.92 Å². The molecule has 1 heterocycles. The van der Waals surface area contributed by atoms with E-state index in [9.17, 15) is 22.0 Å². The van der Waals surface area contributed by atoms with Crippen molar-refractivity contribution >= 4 is 0 Å². The molecule has 158 valence electrons. The molecule has 0 N–H and O–H groups in total. The van der Waals surface area contributed by atoms with Crippen LogP contribution in [-0.4, -0.2) is 19.8 Å². The first-order valence-electron chi connectivity index (χ1n) is 9.37. The maximum absolute atomic E-state index is 14.2. The van der Waals surface area contributed by atoms with Crippen molar-refractivity contribution in [3.8, 4) is 5.75 Å². The number of benzene rings is 2. The average Bonchev–Trinajstić information content (AvgIpc) is 2.70. The molecule has 8 heteroatoms. The zero-order chi connectivity index (χ0) is 21.0. The van der Waals surface area contributed by atoms with Gasteiger partial charge in [0.2, 0.25) is 0 Å². The quantitative estimate of drug-likeness (QED) is 0.443. The predicted molar refractivity (Wildman–Crippen MR) is 94.9 cm³/mol. The highest BCUT2D eigenvalue weighted by Crippen LogP contribution is 2.29. The van der Waals surface area contributed by atoms with Crippen molar-refractivity contribution in [1.29, 1.82) is 0 Å². The molecule has 0 atom stereocenters. The molecule has 0 aliphatic carbocycles. The van der Waals surface area contributed by atoms with Gasteiger partial charge in [-0.1, -0.05) is 13.3 Å². The zero-order valence-electron chi connectivity index (χ0n) is 15.8. The Morgan fingerprint density at radius 2 is 1.48 bits per heavy atom. The number of unbranched alkanes of at least 4 members (excludes halogenated alkanes) is 1. The molecule has 1 aliphatic heterocycles. The van der Waals surface area contributed by atoms with Gasteiger partial charge in [-0.25, -0.2) is 22.0 Å². The van der Waals surface area contributed by atoms with Crippen LogP contribution in [0.25, 0.3) is 0 Å². The monoisotopic (exact) mass is 416 g/mol. The van der Waals surface area contributed by atoms with Crippen molar-refractivity contribution in [1.82, 2.24) is 0 Å². The number of rotatable bonds is 7. The Labute approximate surface area is 165 Å². The fourth-order valence-corrected chi connectivity index (χ4v) is 3.02. The summed E-state index contributed by atoms with van der Waals surface area (Å²) >= 11 is 0. The fraction of sp³-hybridized carbons (Fsp3) is 0.429. The summed E-state index contributed by atoms with van der Waals surface area (Å²) < 4.78 is 84.1. The van der Waals surface area contributed by atoms with E-state index >= 15 is 0 Å². The normalized spacial score (nSPS) is 19.4. The molecular formula is C21H21F5O3. The predicted octanol–water partition coefficient (Wildman–Crippen LogP) is 5.47. The highest BCUT2D eigenvalue weighted by Gasteiger charge is 2.27. The van der Waals surface area contributed by atoms with E-state index in [4.69, 9.17) is 14.2 Å². The minimum atomic E-state index is -1.57. The van der Waals surface area contributed by atoms with Gasteiger partial charge in [0, 0.05) is 11.5 Å². The molecule has 2 aromatic rings. The molecule has 0 radical (unpaired) electrons. The lowest BCUT2D eigenvalue weighted by Crippen LogP contribution is -2.31. The van der Waals surface area contributed by atoms with Crippen LogP contribution in [-0.2, 0) is 15.9 Å². The van der Waals surface area contributed by atoms with Crippen LogP contribution in [0.3, 0.4) is 0 Å². The molecule has 0 aromatic heterocycles. The molecule has 29 heavy (non-hydrogen) atoms. The molecule has 0 spiro atoms. The number of halogens is 5. The molecule has 0 amide bonds. The van der Waals surface area contributed by atoms with Crippen LogP contribution in [0.15, 0.2) is 24.3 Å². The third kappa shape index (κ3) is 5.25. The SMILES string of the molecule is CCCCc1cc(F)c(OCC2COC(c3cc(F)c(F)c(F)c3)OC2)c(F)c1. The Kier molecular flexibility index (Phi) is 7.08. The van der Waals surface area contributed by atoms with Gasteiger partial charge >= 0.3 is 0 Å². The third-order valence-corrected chi connectivity index (χ3v) is 4.59. The first kappa shape index (κ1) is 21.5. The third-order valence-electron chi connectivity index (χ3n) is 4.59. The van der Waals surface area contributed by atoms with Crippen molar-refractivity contribution in [2.75, 3.05) is 19.8 Å². The van der Waals surface area contributed by atoms with Gasteiger partial charge in [0.05, 0.1) is 19.8 Å². The van der Waals surface area contributed by atoms with Crippen molar-refractivity contribution in [2.45, 2.75) is 32.5 Å². The summed E-state index contributed by atoms with van der Waals surface area (Å²) in [5.41, 5.74) is 0.570. The van der Waals surface area contributed by atoms with Crippen LogP contribution < -0.4 is 4.74 Å². The first-order valence-corrected chi connectivity index (χ1v) is 9.37. The number of aryl methyl sites for hydroxylation is 1. The maximum Gasteiger partial charge on any atom is 0.194 e. The summed E-state index contributed by atoms with van der Waals surface area (Å²) in [7, 11) is 0. The van der Waals surface area contributed by atoms with Crippen molar-refractivity contribution in [3.05, 3.63) is 64.5 Å². The lowest BCUT2D eigenvalue weighted by atomic mass is 10.1. The second-order valence-electron chi connectivity index (χ2n) is 6.97. The average molecular weight is 416 g/mol. The van der Waals surface area contributed by atoms with Gasteiger partial charge < -0.3 is 14.2 Å². The number of hydrogen-bond donors (Lipinski definition) is 0. The maximum atomic E-state index is 14.2. The van der Waals surface area contributed by atoms with Crippen LogP contribution in [0.2, 0.25) is 0 Å². The van der Waals surface area contributed by atoms with Crippen LogP contribution >= 0.6 is 0 Å². The number of ether oxygens (including phenoxy) is 3. The Balaban J connectivity index is 1.55. The van der Waals surface area contributed by atoms with Gasteiger partial charge in [0.1, 0.15) is 0 Å². The Morgan fingerprint density at radius 3 is 2.03 bits per heavy atom. The Bertz CT molecular complexity index is 804. The second kappa shape index (κ2) is 9.54. The van der Waals surface area contributed by atoms with Crippen molar-refractivity contribution in [2.24, 2.45) is 5.92 Å². The molecular weight excluding hydrogens is 395 g/mol. The van der Waals surface area contributed by atoms with Gasteiger partial charge in [0.25, 0.3) is 0 Å². The van der Waals surface area contributed by atoms with Crippen molar-refractivity contribution in [3.63, 3.8) is 0 Å². The van der Waals surface area contributed by atoms with E-state index in [0.717, 1.165) is 25.0 Å². The molecule has 1 fully saturated rings. The summed E-state index contributed by atoms with van der Waals surface area (Å²) in [6, 6.07) is 4.11. The van der Waals surface area contributed by atoms with Gasteiger partial charge in [-0.3, -0.25) is 0 Å². The van der Waals surface area contributed by atoms with E-state index < -0.39 is 41.1 Å². The standard InChI is InChI=1S/C21H21F5O3/c1-2-3-4-12-5-17(24)20(18(25)6-12)27-9-13-10-28-21(29-11-13)14-7-15(22)19(26)16(23)8-14/h5-8,13,21H,2-4,9-11H2,1H3. The lowest BCUT2D eigenvalue weighted by molar-refractivity contribution is -0.209. The minimum absolute atomic E-state index is 0.000486. The van der Waals surface area contributed by atoms with E-state index in [2.05, 4.69) is 0 Å². The van der Waals surface area contributed by atoms with E-state index in [0.29, 0.717) is 12.0 Å². The second-order valence-corrected chi connectivity index (χ2v) is 6.97. The summed E-state index contributed by atoms with van der Waals surface area (Å²) in [5, 5.41) is 0. The first-order chi connectivity index (χ1) is 13.9. The molecule has 3 rings (SSSR count). The highest BCUT2D eigenvalue weighted by atomic mass is 19.2. The van der Waals surface area contributed by atoms with Crippen molar-refractivity contribution < 1.29 is 36.2 Å². The molecule has 1 aliphatic rings. The topological polar surface area (TPSA) is 27.7 Å². The Morgan fingerprint density at radius 1 is 0.897 bits per heavy atom. The Hall–Kier alpha value is -2.19. The fourth-order valence-electron chi connectivity index (χ4n) is 3.02. The largest absolute Gasteiger partial charge is 0.487 e. The van der Waals surface area contributed by atoms with Crippen LogP contribution in [0.5, 0.6) is 5.75 Å². The summed E-state index contributed by atoms with van der Waals surface area (Å²) in [6.45, 7) is 2.07. The van der Waals surface area contributed by atoms with E-state index in [-0.39, 0.29) is 31.3 Å². The minimum Gasteiger partial charge on any atom is -0.487 e. The van der Waals surface area contributed by atoms with E-state index in [1.54, 1.807) is 0 Å². The van der Waals surface area contributed by atoms with Crippen LogP contribution in [0.1, 0.15) is 37.2 Å². The molecule has 3 nitrogen and oxygen atoms in total. The molecule has 1 saturated heterocycles. The lowest BCUT2D eigenvalue weighted by Gasteiger charge is -2.29. The van der Waals surface area contributed by atoms with Gasteiger partial charge in [0.15, 0.2) is 41.1 Å². The highest BCUT2D eigenvalue weighted by molar-refractivity contribution is 5.31. The zero-order valence-corrected chi connectivity index (χ0v) is 15.8. The summed E-state index contributed by atoms with van der Waals surface area (Å²) in [4.78, 5) is 0. The van der Waals surface area contributed by atoms with Gasteiger partial charge in [-0.05, 0) is 42.7 Å². The number of hydrogen-bond acceptors (Lipinski definition) is 3. The molecule has 0 bridgehead atoms. The van der Waals surface area contributed by atoms with Crippen LogP contribution in [0.4, 0.5) is 22.0 Å². The van der Waals surface area contributed by atoms with E-state index in [1.165, 1.54) is 12.1 Å². The van der Waals surface area contributed by atoms with Crippen LogP contribution in [0, 0.1) is 35.0 Å². The molecule has 0 saturated carbocycles. The summed E-state index contributed by atoms with van der Waals surface area (Å²) in [5.74, 6) is -6.61. The molecule has 0 unspecified atom stereocenters.